The Morgan fingerprint density at radius 2 is 2.35 bits per heavy atom. The number of aromatic nitrogens is 1. The minimum Gasteiger partial charge on any atom is -0.313 e. The van der Waals surface area contributed by atoms with Crippen LogP contribution in [0.2, 0.25) is 5.15 Å². The van der Waals surface area contributed by atoms with Gasteiger partial charge in [0.1, 0.15) is 5.15 Å². The Bertz CT molecular complexity index is 366. The Balaban J connectivity index is 0.00000144. The highest BCUT2D eigenvalue weighted by Crippen LogP contribution is 2.10. The molecule has 2 atom stereocenters. The van der Waals surface area contributed by atoms with Gasteiger partial charge in [0.25, 0.3) is 0 Å². The van der Waals surface area contributed by atoms with E-state index in [1.54, 1.807) is 12.3 Å². The van der Waals surface area contributed by atoms with Gasteiger partial charge in [0.15, 0.2) is 0 Å². The van der Waals surface area contributed by atoms with Gasteiger partial charge in [-0.3, -0.25) is 4.21 Å². The molecule has 0 aliphatic carbocycles. The average molecular weight is 295 g/mol. The molecule has 1 aromatic heterocycles. The summed E-state index contributed by atoms with van der Waals surface area (Å²) in [5, 5.41) is 3.83. The van der Waals surface area contributed by atoms with Gasteiger partial charge < -0.3 is 5.32 Å². The normalized spacial score (nSPS) is 20.9. The van der Waals surface area contributed by atoms with Crippen molar-refractivity contribution >= 4 is 34.8 Å². The largest absolute Gasteiger partial charge is 0.313 e. The maximum Gasteiger partial charge on any atom is 0.129 e. The molecule has 2 unspecified atom stereocenters. The zero-order valence-electron chi connectivity index (χ0n) is 9.39. The van der Waals surface area contributed by atoms with Crippen molar-refractivity contribution in [2.45, 2.75) is 24.6 Å². The van der Waals surface area contributed by atoms with Crippen LogP contribution in [0.15, 0.2) is 18.3 Å². The molecular formula is C11H16Cl2N2OS. The van der Waals surface area contributed by atoms with Crippen LogP contribution >= 0.6 is 24.0 Å². The number of nitrogens with zero attached hydrogens (tertiary/aromatic N) is 1. The van der Waals surface area contributed by atoms with Gasteiger partial charge in [0, 0.05) is 28.8 Å². The fourth-order valence-electron chi connectivity index (χ4n) is 1.86. The van der Waals surface area contributed by atoms with Crippen molar-refractivity contribution in [3.05, 3.63) is 29.0 Å². The van der Waals surface area contributed by atoms with E-state index in [2.05, 4.69) is 10.3 Å². The van der Waals surface area contributed by atoms with Crippen molar-refractivity contribution in [2.24, 2.45) is 0 Å². The molecule has 1 aliphatic heterocycles. The van der Waals surface area contributed by atoms with Crippen LogP contribution in [0.5, 0.6) is 0 Å². The van der Waals surface area contributed by atoms with E-state index in [9.17, 15) is 4.21 Å². The van der Waals surface area contributed by atoms with Crippen LogP contribution in [0, 0.1) is 0 Å². The third kappa shape index (κ3) is 4.92. The van der Waals surface area contributed by atoms with Crippen LogP contribution in [-0.4, -0.2) is 27.5 Å². The first-order valence-corrected chi connectivity index (χ1v) is 7.29. The number of pyridine rings is 1. The summed E-state index contributed by atoms with van der Waals surface area (Å²) in [7, 11) is -0.813. The lowest BCUT2D eigenvalue weighted by atomic mass is 10.3. The average Bonchev–Trinajstić information content (AvgIpc) is 2.74. The van der Waals surface area contributed by atoms with Gasteiger partial charge in [-0.2, -0.15) is 0 Å². The summed E-state index contributed by atoms with van der Waals surface area (Å²) >= 11 is 5.69. The number of nitrogens with one attached hydrogen (secondary N) is 1. The van der Waals surface area contributed by atoms with Crippen molar-refractivity contribution in [3.8, 4) is 0 Å². The number of rotatable bonds is 4. The monoisotopic (exact) mass is 294 g/mol. The van der Waals surface area contributed by atoms with Gasteiger partial charge in [-0.05, 0) is 31.0 Å². The standard InChI is InChI=1S/C11H15ClN2OS.ClH/c12-11-4-3-9(6-14-11)7-16(15)8-10-2-1-5-13-10;/h3-4,6,10,13H,1-2,5,7-8H2;1H. The molecule has 2 heterocycles. The van der Waals surface area contributed by atoms with Crippen molar-refractivity contribution in [1.29, 1.82) is 0 Å². The van der Waals surface area contributed by atoms with E-state index in [0.29, 0.717) is 16.9 Å². The van der Waals surface area contributed by atoms with Crippen LogP contribution in [0.25, 0.3) is 0 Å². The molecule has 1 saturated heterocycles. The molecule has 2 rings (SSSR count). The van der Waals surface area contributed by atoms with Crippen molar-refractivity contribution in [3.63, 3.8) is 0 Å². The predicted molar refractivity (Wildman–Crippen MR) is 74.2 cm³/mol. The minimum absolute atomic E-state index is 0. The molecule has 3 nitrogen and oxygen atoms in total. The lowest BCUT2D eigenvalue weighted by Crippen LogP contribution is -2.27. The smallest absolute Gasteiger partial charge is 0.129 e. The lowest BCUT2D eigenvalue weighted by molar-refractivity contribution is 0.643. The van der Waals surface area contributed by atoms with Crippen molar-refractivity contribution in [1.82, 2.24) is 10.3 Å². The molecule has 0 spiro atoms. The van der Waals surface area contributed by atoms with Gasteiger partial charge in [-0.1, -0.05) is 17.7 Å². The van der Waals surface area contributed by atoms with Gasteiger partial charge >= 0.3 is 0 Å². The Kier molecular flexibility index (Phi) is 6.41. The summed E-state index contributed by atoms with van der Waals surface area (Å²) in [5.74, 6) is 1.31. The molecule has 0 radical (unpaired) electrons. The lowest BCUT2D eigenvalue weighted by Gasteiger charge is -2.09. The Hall–Kier alpha value is -0.160. The second-order valence-electron chi connectivity index (χ2n) is 4.03. The summed E-state index contributed by atoms with van der Waals surface area (Å²) in [5.41, 5.74) is 0.987. The minimum atomic E-state index is -0.813. The topological polar surface area (TPSA) is 42.0 Å². The summed E-state index contributed by atoms with van der Waals surface area (Å²) in [4.78, 5) is 3.98. The molecule has 0 bridgehead atoms. The van der Waals surface area contributed by atoms with Gasteiger partial charge in [-0.15, -0.1) is 12.4 Å². The quantitative estimate of drug-likeness (QED) is 0.866. The molecule has 0 saturated carbocycles. The second kappa shape index (κ2) is 7.31. The first-order valence-electron chi connectivity index (χ1n) is 5.43. The molecule has 6 heteroatoms. The first-order chi connectivity index (χ1) is 7.74. The number of hydrogen-bond donors (Lipinski definition) is 1. The van der Waals surface area contributed by atoms with E-state index < -0.39 is 10.8 Å². The number of hydrogen-bond acceptors (Lipinski definition) is 3. The first kappa shape index (κ1) is 14.9. The summed E-state index contributed by atoms with van der Waals surface area (Å²) in [6.07, 6.45) is 4.04. The molecule has 1 aromatic rings. The molecule has 1 aliphatic rings. The zero-order chi connectivity index (χ0) is 11.4. The SMILES string of the molecule is Cl.O=S(Cc1ccc(Cl)nc1)CC1CCCN1. The van der Waals surface area contributed by atoms with Gasteiger partial charge in [-0.25, -0.2) is 4.98 Å². The molecule has 96 valence electrons. The van der Waals surface area contributed by atoms with Gasteiger partial charge in [0.2, 0.25) is 0 Å². The van der Waals surface area contributed by atoms with E-state index in [1.807, 2.05) is 6.07 Å². The maximum atomic E-state index is 11.9. The summed E-state index contributed by atoms with van der Waals surface area (Å²) in [6.45, 7) is 1.06. The van der Waals surface area contributed by atoms with Crippen molar-refractivity contribution < 1.29 is 4.21 Å². The van der Waals surface area contributed by atoms with E-state index in [4.69, 9.17) is 11.6 Å². The molecular weight excluding hydrogens is 279 g/mol. The van der Waals surface area contributed by atoms with E-state index in [-0.39, 0.29) is 12.4 Å². The number of halogens is 2. The molecule has 0 amide bonds. The van der Waals surface area contributed by atoms with Crippen molar-refractivity contribution in [2.75, 3.05) is 12.3 Å². The molecule has 1 N–H and O–H groups in total. The fraction of sp³-hybridized carbons (Fsp3) is 0.545. The second-order valence-corrected chi connectivity index (χ2v) is 5.92. The predicted octanol–water partition coefficient (Wildman–Crippen LogP) is 2.16. The Morgan fingerprint density at radius 3 is 2.94 bits per heavy atom. The van der Waals surface area contributed by atoms with E-state index >= 15 is 0 Å². The summed E-state index contributed by atoms with van der Waals surface area (Å²) in [6, 6.07) is 4.05. The van der Waals surface area contributed by atoms with Crippen LogP contribution in [0.4, 0.5) is 0 Å². The zero-order valence-corrected chi connectivity index (χ0v) is 11.8. The highest BCUT2D eigenvalue weighted by molar-refractivity contribution is 7.84. The van der Waals surface area contributed by atoms with Crippen LogP contribution < -0.4 is 5.32 Å². The highest BCUT2D eigenvalue weighted by atomic mass is 35.5. The van der Waals surface area contributed by atoms with Crippen LogP contribution in [0.3, 0.4) is 0 Å². The molecule has 1 fully saturated rings. The third-order valence-corrected chi connectivity index (χ3v) is 4.32. The Labute approximate surface area is 115 Å². The third-order valence-electron chi connectivity index (χ3n) is 2.67. The van der Waals surface area contributed by atoms with Gasteiger partial charge in [0.05, 0.1) is 5.75 Å². The van der Waals surface area contributed by atoms with E-state index in [0.717, 1.165) is 24.3 Å². The van der Waals surface area contributed by atoms with E-state index in [1.165, 1.54) is 6.42 Å². The van der Waals surface area contributed by atoms with Crippen LogP contribution in [0.1, 0.15) is 18.4 Å². The van der Waals surface area contributed by atoms with Crippen LogP contribution in [-0.2, 0) is 16.6 Å². The molecule has 0 aromatic carbocycles. The summed E-state index contributed by atoms with van der Waals surface area (Å²) < 4.78 is 11.9. The fourth-order valence-corrected chi connectivity index (χ4v) is 3.37. The maximum absolute atomic E-state index is 11.9. The Morgan fingerprint density at radius 1 is 1.53 bits per heavy atom. The highest BCUT2D eigenvalue weighted by Gasteiger charge is 2.16. The molecule has 17 heavy (non-hydrogen) atoms.